The van der Waals surface area contributed by atoms with Gasteiger partial charge in [-0.2, -0.15) is 0 Å². The van der Waals surface area contributed by atoms with E-state index in [0.717, 1.165) is 16.3 Å². The van der Waals surface area contributed by atoms with Crippen LogP contribution in [0.25, 0.3) is 10.8 Å². The molecule has 0 radical (unpaired) electrons. The molecule has 0 aliphatic carbocycles. The van der Waals surface area contributed by atoms with Gasteiger partial charge in [0.25, 0.3) is 5.91 Å². The summed E-state index contributed by atoms with van der Waals surface area (Å²) in [6.45, 7) is 6.08. The summed E-state index contributed by atoms with van der Waals surface area (Å²) >= 11 is 0. The molecule has 0 spiro atoms. The number of fused-ring (bicyclic) bond motifs is 1. The summed E-state index contributed by atoms with van der Waals surface area (Å²) in [5.41, 5.74) is 6.40. The zero-order valence-corrected chi connectivity index (χ0v) is 12.2. The van der Waals surface area contributed by atoms with E-state index in [4.69, 9.17) is 5.73 Å². The van der Waals surface area contributed by atoms with Crippen LogP contribution >= 0.6 is 0 Å². The van der Waals surface area contributed by atoms with Crippen molar-refractivity contribution < 1.29 is 4.79 Å². The Morgan fingerprint density at radius 1 is 1.20 bits per heavy atom. The number of amides is 1. The van der Waals surface area contributed by atoms with E-state index >= 15 is 0 Å². The highest BCUT2D eigenvalue weighted by molar-refractivity contribution is 5.98. The molecule has 3 nitrogen and oxygen atoms in total. The van der Waals surface area contributed by atoms with Crippen LogP contribution in [0, 0.1) is 5.92 Å². The molecule has 2 aromatic rings. The van der Waals surface area contributed by atoms with Crippen molar-refractivity contribution in [2.24, 2.45) is 11.7 Å². The first-order valence-electron chi connectivity index (χ1n) is 7.13. The molecule has 2 N–H and O–H groups in total. The van der Waals surface area contributed by atoms with Crippen molar-refractivity contribution in [1.82, 2.24) is 4.90 Å². The van der Waals surface area contributed by atoms with Gasteiger partial charge < -0.3 is 10.6 Å². The van der Waals surface area contributed by atoms with Gasteiger partial charge in [-0.05, 0) is 42.3 Å². The standard InChI is InChI=1S/C17H22N2O/c1-3-19(12-13(2)11-18)17(20)16-9-8-14-6-4-5-7-15(14)10-16/h4-10,13H,3,11-12,18H2,1-2H3. The molecule has 0 saturated carbocycles. The van der Waals surface area contributed by atoms with Crippen molar-refractivity contribution >= 4 is 16.7 Å². The highest BCUT2D eigenvalue weighted by Crippen LogP contribution is 2.17. The minimum absolute atomic E-state index is 0.0820. The van der Waals surface area contributed by atoms with Gasteiger partial charge in [-0.25, -0.2) is 0 Å². The summed E-state index contributed by atoms with van der Waals surface area (Å²) < 4.78 is 0. The summed E-state index contributed by atoms with van der Waals surface area (Å²) in [6.07, 6.45) is 0. The van der Waals surface area contributed by atoms with Gasteiger partial charge in [-0.3, -0.25) is 4.79 Å². The molecule has 0 heterocycles. The van der Waals surface area contributed by atoms with E-state index in [9.17, 15) is 4.79 Å². The predicted octanol–water partition coefficient (Wildman–Crippen LogP) is 2.90. The van der Waals surface area contributed by atoms with E-state index in [0.29, 0.717) is 25.6 Å². The van der Waals surface area contributed by atoms with Gasteiger partial charge in [0.1, 0.15) is 0 Å². The highest BCUT2D eigenvalue weighted by atomic mass is 16.2. The average molecular weight is 270 g/mol. The van der Waals surface area contributed by atoms with Crippen LogP contribution in [0.3, 0.4) is 0 Å². The first kappa shape index (κ1) is 14.5. The lowest BCUT2D eigenvalue weighted by Gasteiger charge is -2.24. The molecular formula is C17H22N2O. The number of hydrogen-bond acceptors (Lipinski definition) is 2. The lowest BCUT2D eigenvalue weighted by molar-refractivity contribution is 0.0744. The lowest BCUT2D eigenvalue weighted by atomic mass is 10.1. The topological polar surface area (TPSA) is 46.3 Å². The minimum Gasteiger partial charge on any atom is -0.339 e. The van der Waals surface area contributed by atoms with Crippen LogP contribution in [0.4, 0.5) is 0 Å². The smallest absolute Gasteiger partial charge is 0.253 e. The molecule has 0 fully saturated rings. The zero-order chi connectivity index (χ0) is 14.5. The molecule has 1 atom stereocenters. The third kappa shape index (κ3) is 3.17. The quantitative estimate of drug-likeness (QED) is 0.908. The molecular weight excluding hydrogens is 248 g/mol. The highest BCUT2D eigenvalue weighted by Gasteiger charge is 2.16. The maximum atomic E-state index is 12.6. The Labute approximate surface area is 120 Å². The average Bonchev–Trinajstić information content (AvgIpc) is 2.51. The molecule has 0 aliphatic rings. The number of carbonyl (C=O) groups excluding carboxylic acids is 1. The molecule has 0 aromatic heterocycles. The molecule has 1 unspecified atom stereocenters. The fourth-order valence-corrected chi connectivity index (χ4v) is 2.31. The molecule has 2 rings (SSSR count). The molecule has 0 aliphatic heterocycles. The second-order valence-electron chi connectivity index (χ2n) is 5.25. The van der Waals surface area contributed by atoms with Crippen molar-refractivity contribution in [3.05, 3.63) is 48.0 Å². The van der Waals surface area contributed by atoms with Gasteiger partial charge in [0.05, 0.1) is 0 Å². The van der Waals surface area contributed by atoms with Gasteiger partial charge in [0, 0.05) is 18.7 Å². The Balaban J connectivity index is 2.24. The number of nitrogens with two attached hydrogens (primary N) is 1. The lowest BCUT2D eigenvalue weighted by Crippen LogP contribution is -2.36. The summed E-state index contributed by atoms with van der Waals surface area (Å²) in [6, 6.07) is 14.0. The van der Waals surface area contributed by atoms with Gasteiger partial charge in [0.2, 0.25) is 0 Å². The predicted molar refractivity (Wildman–Crippen MR) is 83.7 cm³/mol. The molecule has 1 amide bonds. The maximum absolute atomic E-state index is 12.6. The van der Waals surface area contributed by atoms with Crippen molar-refractivity contribution in [2.75, 3.05) is 19.6 Å². The van der Waals surface area contributed by atoms with Gasteiger partial charge >= 0.3 is 0 Å². The van der Waals surface area contributed by atoms with Crippen LogP contribution in [0.1, 0.15) is 24.2 Å². The number of benzene rings is 2. The van der Waals surface area contributed by atoms with E-state index in [1.165, 1.54) is 0 Å². The van der Waals surface area contributed by atoms with Crippen LogP contribution in [0.2, 0.25) is 0 Å². The Kier molecular flexibility index (Phi) is 4.74. The number of rotatable bonds is 5. The zero-order valence-electron chi connectivity index (χ0n) is 12.2. The minimum atomic E-state index is 0.0820. The fourth-order valence-electron chi connectivity index (χ4n) is 2.31. The molecule has 0 bridgehead atoms. The van der Waals surface area contributed by atoms with Crippen LogP contribution in [0.15, 0.2) is 42.5 Å². The van der Waals surface area contributed by atoms with Gasteiger partial charge in [0.15, 0.2) is 0 Å². The first-order valence-corrected chi connectivity index (χ1v) is 7.13. The van der Waals surface area contributed by atoms with Crippen molar-refractivity contribution in [1.29, 1.82) is 0 Å². The Morgan fingerprint density at radius 3 is 2.55 bits per heavy atom. The molecule has 20 heavy (non-hydrogen) atoms. The first-order chi connectivity index (χ1) is 9.65. The Hall–Kier alpha value is -1.87. The van der Waals surface area contributed by atoms with E-state index < -0.39 is 0 Å². The molecule has 3 heteroatoms. The Morgan fingerprint density at radius 2 is 1.90 bits per heavy atom. The van der Waals surface area contributed by atoms with E-state index in [1.54, 1.807) is 0 Å². The van der Waals surface area contributed by atoms with Crippen LogP contribution in [-0.4, -0.2) is 30.4 Å². The number of carbonyl (C=O) groups is 1. The summed E-state index contributed by atoms with van der Waals surface area (Å²) in [7, 11) is 0. The molecule has 0 saturated heterocycles. The summed E-state index contributed by atoms with van der Waals surface area (Å²) in [5, 5.41) is 2.25. The second kappa shape index (κ2) is 6.53. The van der Waals surface area contributed by atoms with Crippen LogP contribution in [-0.2, 0) is 0 Å². The van der Waals surface area contributed by atoms with Crippen molar-refractivity contribution in [2.45, 2.75) is 13.8 Å². The fraction of sp³-hybridized carbons (Fsp3) is 0.353. The molecule has 2 aromatic carbocycles. The van der Waals surface area contributed by atoms with E-state index in [1.807, 2.05) is 48.2 Å². The SMILES string of the molecule is CCN(CC(C)CN)C(=O)c1ccc2ccccc2c1. The van der Waals surface area contributed by atoms with Crippen LogP contribution < -0.4 is 5.73 Å². The van der Waals surface area contributed by atoms with Gasteiger partial charge in [-0.15, -0.1) is 0 Å². The second-order valence-corrected chi connectivity index (χ2v) is 5.25. The number of hydrogen-bond donors (Lipinski definition) is 1. The van der Waals surface area contributed by atoms with E-state index in [2.05, 4.69) is 13.0 Å². The third-order valence-corrected chi connectivity index (χ3v) is 3.60. The normalized spacial score (nSPS) is 12.3. The number of nitrogens with zero attached hydrogens (tertiary/aromatic N) is 1. The maximum Gasteiger partial charge on any atom is 0.253 e. The van der Waals surface area contributed by atoms with Gasteiger partial charge in [-0.1, -0.05) is 37.3 Å². The monoisotopic (exact) mass is 270 g/mol. The van der Waals surface area contributed by atoms with E-state index in [-0.39, 0.29) is 5.91 Å². The third-order valence-electron chi connectivity index (χ3n) is 3.60. The summed E-state index contributed by atoms with van der Waals surface area (Å²) in [5.74, 6) is 0.401. The van der Waals surface area contributed by atoms with Crippen LogP contribution in [0.5, 0.6) is 0 Å². The largest absolute Gasteiger partial charge is 0.339 e. The summed E-state index contributed by atoms with van der Waals surface area (Å²) in [4.78, 5) is 14.4. The molecule has 106 valence electrons. The van der Waals surface area contributed by atoms with Crippen molar-refractivity contribution in [3.63, 3.8) is 0 Å². The Bertz CT molecular complexity index is 594. The van der Waals surface area contributed by atoms with Crippen molar-refractivity contribution in [3.8, 4) is 0 Å².